The van der Waals surface area contributed by atoms with Crippen molar-refractivity contribution < 1.29 is 9.53 Å². The van der Waals surface area contributed by atoms with Crippen LogP contribution in [0.15, 0.2) is 30.3 Å². The Hall–Kier alpha value is -2.18. The molecule has 2 heterocycles. The van der Waals surface area contributed by atoms with E-state index in [4.69, 9.17) is 4.74 Å². The van der Waals surface area contributed by atoms with Crippen LogP contribution < -0.4 is 0 Å². The van der Waals surface area contributed by atoms with Crippen LogP contribution in [-0.4, -0.2) is 72.4 Å². The number of amides is 1. The number of carbonyl (C=O) groups is 1. The van der Waals surface area contributed by atoms with Gasteiger partial charge in [-0.25, -0.2) is 4.68 Å². The van der Waals surface area contributed by atoms with Gasteiger partial charge in [0.05, 0.1) is 31.0 Å². The minimum atomic E-state index is 0.156. The summed E-state index contributed by atoms with van der Waals surface area (Å²) in [6.45, 7) is 7.68. The second kappa shape index (κ2) is 8.67. The van der Waals surface area contributed by atoms with Crippen LogP contribution in [0.5, 0.6) is 0 Å². The summed E-state index contributed by atoms with van der Waals surface area (Å²) in [4.78, 5) is 17.1. The third-order valence-corrected chi connectivity index (χ3v) is 5.08. The molecule has 27 heavy (non-hydrogen) atoms. The maximum absolute atomic E-state index is 13.0. The van der Waals surface area contributed by atoms with Gasteiger partial charge < -0.3 is 14.5 Å². The number of hydrogen-bond donors (Lipinski definition) is 0. The van der Waals surface area contributed by atoms with E-state index in [2.05, 4.69) is 24.1 Å². The zero-order chi connectivity index (χ0) is 19.4. The van der Waals surface area contributed by atoms with Crippen molar-refractivity contribution in [1.29, 1.82) is 0 Å². The molecule has 1 aliphatic heterocycles. The molecule has 6 nitrogen and oxygen atoms in total. The number of benzene rings is 1. The first kappa shape index (κ1) is 19.6. The number of nitrogens with zero attached hydrogens (tertiary/aromatic N) is 4. The van der Waals surface area contributed by atoms with Gasteiger partial charge in [-0.1, -0.05) is 18.2 Å². The van der Waals surface area contributed by atoms with Crippen LogP contribution in [-0.2, 0) is 16.0 Å². The summed E-state index contributed by atoms with van der Waals surface area (Å²) in [7, 11) is 4.11. The fraction of sp³-hybridized carbons (Fsp3) is 0.524. The first-order chi connectivity index (χ1) is 13.0. The lowest BCUT2D eigenvalue weighted by Gasteiger charge is -2.25. The number of rotatable bonds is 5. The molecule has 6 heteroatoms. The molecule has 0 spiro atoms. The van der Waals surface area contributed by atoms with Gasteiger partial charge in [-0.3, -0.25) is 4.79 Å². The molecule has 1 aromatic heterocycles. The third-order valence-electron chi connectivity index (χ3n) is 5.08. The monoisotopic (exact) mass is 370 g/mol. The van der Waals surface area contributed by atoms with Gasteiger partial charge >= 0.3 is 0 Å². The summed E-state index contributed by atoms with van der Waals surface area (Å²) in [6, 6.07) is 10.1. The van der Waals surface area contributed by atoms with E-state index in [1.165, 1.54) is 0 Å². The van der Waals surface area contributed by atoms with E-state index in [0.717, 1.165) is 35.7 Å². The maximum Gasteiger partial charge on any atom is 0.227 e. The number of para-hydroxylation sites is 1. The van der Waals surface area contributed by atoms with E-state index in [1.54, 1.807) is 0 Å². The van der Waals surface area contributed by atoms with Crippen LogP contribution in [0.2, 0.25) is 0 Å². The summed E-state index contributed by atoms with van der Waals surface area (Å²) in [5, 5.41) is 4.67. The van der Waals surface area contributed by atoms with E-state index < -0.39 is 0 Å². The molecule has 2 aromatic rings. The molecule has 146 valence electrons. The van der Waals surface area contributed by atoms with Crippen LogP contribution in [0.3, 0.4) is 0 Å². The van der Waals surface area contributed by atoms with Crippen molar-refractivity contribution in [2.45, 2.75) is 20.3 Å². The average molecular weight is 370 g/mol. The second-order valence-electron chi connectivity index (χ2n) is 7.62. The Kier molecular flexibility index (Phi) is 6.29. The number of aromatic nitrogens is 2. The van der Waals surface area contributed by atoms with Crippen molar-refractivity contribution in [2.75, 3.05) is 46.9 Å². The Morgan fingerprint density at radius 2 is 2.00 bits per heavy atom. The molecule has 1 aliphatic rings. The minimum absolute atomic E-state index is 0.156. The lowest BCUT2D eigenvalue weighted by atomic mass is 10.1. The van der Waals surface area contributed by atoms with Crippen molar-refractivity contribution in [3.8, 4) is 5.69 Å². The average Bonchev–Trinajstić information content (AvgIpc) is 2.81. The topological polar surface area (TPSA) is 50.6 Å². The lowest BCUT2D eigenvalue weighted by Crippen LogP contribution is -2.39. The van der Waals surface area contributed by atoms with E-state index in [-0.39, 0.29) is 5.91 Å². The third kappa shape index (κ3) is 4.76. The van der Waals surface area contributed by atoms with Crippen molar-refractivity contribution in [3.63, 3.8) is 0 Å². The van der Waals surface area contributed by atoms with Crippen LogP contribution >= 0.6 is 0 Å². The highest BCUT2D eigenvalue weighted by molar-refractivity contribution is 5.79. The molecule has 1 atom stereocenters. The number of ether oxygens (including phenoxy) is 1. The summed E-state index contributed by atoms with van der Waals surface area (Å²) >= 11 is 0. The predicted molar refractivity (Wildman–Crippen MR) is 106 cm³/mol. The Balaban J connectivity index is 1.74. The van der Waals surface area contributed by atoms with Crippen molar-refractivity contribution in [3.05, 3.63) is 47.3 Å². The Morgan fingerprint density at radius 1 is 1.26 bits per heavy atom. The van der Waals surface area contributed by atoms with E-state index in [0.29, 0.717) is 32.1 Å². The molecule has 0 bridgehead atoms. The first-order valence-corrected chi connectivity index (χ1v) is 9.56. The summed E-state index contributed by atoms with van der Waals surface area (Å²) in [5.41, 5.74) is 3.99. The Morgan fingerprint density at radius 3 is 2.70 bits per heavy atom. The van der Waals surface area contributed by atoms with E-state index >= 15 is 0 Å². The summed E-state index contributed by atoms with van der Waals surface area (Å²) in [6.07, 6.45) is 0.388. The fourth-order valence-corrected chi connectivity index (χ4v) is 3.75. The van der Waals surface area contributed by atoms with Gasteiger partial charge in [-0.05, 0) is 40.1 Å². The number of aryl methyl sites for hydroxylation is 1. The van der Waals surface area contributed by atoms with Gasteiger partial charge in [0.2, 0.25) is 5.91 Å². The van der Waals surface area contributed by atoms with E-state index in [1.807, 2.05) is 53.8 Å². The molecule has 1 saturated heterocycles. The highest BCUT2D eigenvalue weighted by Crippen LogP contribution is 2.20. The molecule has 0 N–H and O–H groups in total. The molecular weight excluding hydrogens is 340 g/mol. The number of hydrogen-bond acceptors (Lipinski definition) is 4. The normalized spacial score (nSPS) is 18.0. The quantitative estimate of drug-likeness (QED) is 0.809. The standard InChI is InChI=1S/C21H30N4O2/c1-16-20(17(2)25(22-16)19-8-6-5-7-9-19)12-21(26)24-10-11-27-15-18(14-24)13-23(3)4/h5-9,18H,10-15H2,1-4H3. The molecule has 0 aliphatic carbocycles. The van der Waals surface area contributed by atoms with Gasteiger partial charge in [0, 0.05) is 36.8 Å². The number of carbonyl (C=O) groups excluding carboxylic acids is 1. The molecule has 1 fully saturated rings. The molecule has 1 aromatic carbocycles. The van der Waals surface area contributed by atoms with Crippen LogP contribution in [0.25, 0.3) is 5.69 Å². The summed E-state index contributed by atoms with van der Waals surface area (Å²) < 4.78 is 7.64. The SMILES string of the molecule is Cc1nn(-c2ccccc2)c(C)c1CC(=O)N1CCOCC(CN(C)C)C1. The van der Waals surface area contributed by atoms with E-state index in [9.17, 15) is 4.79 Å². The lowest BCUT2D eigenvalue weighted by molar-refractivity contribution is -0.130. The van der Waals surface area contributed by atoms with Crippen LogP contribution in [0.4, 0.5) is 0 Å². The Labute approximate surface area is 161 Å². The largest absolute Gasteiger partial charge is 0.379 e. The van der Waals surface area contributed by atoms with Gasteiger partial charge in [-0.15, -0.1) is 0 Å². The molecular formula is C21H30N4O2. The van der Waals surface area contributed by atoms with Gasteiger partial charge in [-0.2, -0.15) is 5.10 Å². The fourth-order valence-electron chi connectivity index (χ4n) is 3.75. The molecule has 3 rings (SSSR count). The maximum atomic E-state index is 13.0. The van der Waals surface area contributed by atoms with Gasteiger partial charge in [0.15, 0.2) is 0 Å². The molecule has 0 radical (unpaired) electrons. The van der Waals surface area contributed by atoms with Gasteiger partial charge in [0.1, 0.15) is 0 Å². The zero-order valence-corrected chi connectivity index (χ0v) is 16.8. The van der Waals surface area contributed by atoms with Crippen molar-refractivity contribution in [2.24, 2.45) is 5.92 Å². The highest BCUT2D eigenvalue weighted by atomic mass is 16.5. The minimum Gasteiger partial charge on any atom is -0.379 e. The predicted octanol–water partition coefficient (Wildman–Crippen LogP) is 2.07. The highest BCUT2D eigenvalue weighted by Gasteiger charge is 2.25. The second-order valence-corrected chi connectivity index (χ2v) is 7.62. The first-order valence-electron chi connectivity index (χ1n) is 9.56. The molecule has 1 unspecified atom stereocenters. The zero-order valence-electron chi connectivity index (χ0n) is 16.8. The van der Waals surface area contributed by atoms with Crippen molar-refractivity contribution in [1.82, 2.24) is 19.6 Å². The smallest absolute Gasteiger partial charge is 0.227 e. The summed E-state index contributed by atoms with van der Waals surface area (Å²) in [5.74, 6) is 0.503. The molecule has 1 amide bonds. The Bertz CT molecular complexity index is 770. The van der Waals surface area contributed by atoms with Crippen molar-refractivity contribution >= 4 is 5.91 Å². The van der Waals surface area contributed by atoms with Gasteiger partial charge in [0.25, 0.3) is 0 Å². The van der Waals surface area contributed by atoms with Crippen LogP contribution in [0, 0.1) is 19.8 Å². The van der Waals surface area contributed by atoms with Crippen LogP contribution in [0.1, 0.15) is 17.0 Å². The molecule has 0 saturated carbocycles.